The molecule has 0 N–H and O–H groups in total. The zero-order valence-electron chi connectivity index (χ0n) is 16.7. The maximum atomic E-state index is 13.1. The summed E-state index contributed by atoms with van der Waals surface area (Å²) in [6.07, 6.45) is 2.94. The monoisotopic (exact) mass is 423 g/mol. The van der Waals surface area contributed by atoms with Gasteiger partial charge in [-0.2, -0.15) is 0 Å². The Morgan fingerprint density at radius 3 is 2.47 bits per heavy atom. The molecule has 3 aromatic rings. The predicted molar refractivity (Wildman–Crippen MR) is 116 cm³/mol. The minimum absolute atomic E-state index is 0.176. The fourth-order valence-corrected chi connectivity index (χ4v) is 3.88. The maximum absolute atomic E-state index is 13.1. The van der Waals surface area contributed by atoms with Crippen LogP contribution >= 0.6 is 11.3 Å². The average molecular weight is 423 g/mol. The summed E-state index contributed by atoms with van der Waals surface area (Å²) in [6, 6.07) is 16.0. The van der Waals surface area contributed by atoms with E-state index in [4.69, 9.17) is 9.47 Å². The lowest BCUT2D eigenvalue weighted by Crippen LogP contribution is -2.34. The first-order chi connectivity index (χ1) is 14.5. The van der Waals surface area contributed by atoms with E-state index >= 15 is 0 Å². The molecule has 0 bridgehead atoms. The second-order valence-electron chi connectivity index (χ2n) is 6.27. The van der Waals surface area contributed by atoms with Gasteiger partial charge in [0.05, 0.1) is 30.9 Å². The highest BCUT2D eigenvalue weighted by molar-refractivity contribution is 7.07. The second kappa shape index (κ2) is 9.84. The van der Waals surface area contributed by atoms with Gasteiger partial charge < -0.3 is 9.47 Å². The van der Waals surface area contributed by atoms with Crippen molar-refractivity contribution in [2.75, 3.05) is 13.7 Å². The zero-order valence-corrected chi connectivity index (χ0v) is 17.5. The fourth-order valence-electron chi connectivity index (χ4n) is 2.86. The Bertz CT molecular complexity index is 1220. The Kier molecular flexibility index (Phi) is 6.98. The fraction of sp³-hybridized carbons (Fsp3) is 0.174. The summed E-state index contributed by atoms with van der Waals surface area (Å²) >= 11 is 1.12. The highest BCUT2D eigenvalue weighted by Crippen LogP contribution is 2.17. The van der Waals surface area contributed by atoms with E-state index in [-0.39, 0.29) is 24.5 Å². The molecule has 7 heteroatoms. The van der Waals surface area contributed by atoms with Crippen molar-refractivity contribution in [3.63, 3.8) is 0 Å². The number of methoxy groups -OCH3 is 1. The number of carbonyl (C=O) groups is 2. The van der Waals surface area contributed by atoms with E-state index in [1.165, 1.54) is 10.6 Å². The van der Waals surface area contributed by atoms with Crippen LogP contribution in [0.2, 0.25) is 0 Å². The number of hydrogen-bond acceptors (Lipinski definition) is 6. The van der Waals surface area contributed by atoms with Gasteiger partial charge >= 0.3 is 5.97 Å². The van der Waals surface area contributed by atoms with Crippen LogP contribution in [-0.2, 0) is 16.1 Å². The molecular weight excluding hydrogens is 402 g/mol. The number of nitrogens with zero attached hydrogens (tertiary/aromatic N) is 1. The molecule has 0 saturated heterocycles. The highest BCUT2D eigenvalue weighted by atomic mass is 32.1. The minimum atomic E-state index is -0.566. The summed E-state index contributed by atoms with van der Waals surface area (Å²) in [7, 11) is 1.55. The molecule has 0 atom stereocenters. The van der Waals surface area contributed by atoms with Crippen molar-refractivity contribution in [2.24, 2.45) is 0 Å². The maximum Gasteiger partial charge on any atom is 0.333 e. The largest absolute Gasteiger partial charge is 0.496 e. The Hall–Kier alpha value is -3.45. The number of Topliss-reactive ketones (excluding diaryl/α,β-unsaturated/α-hetero) is 1. The number of aromatic nitrogens is 1. The third-order valence-corrected chi connectivity index (χ3v) is 5.35. The van der Waals surface area contributed by atoms with E-state index in [1.807, 2.05) is 24.3 Å². The first kappa shape index (κ1) is 21.3. The Labute approximate surface area is 177 Å². The van der Waals surface area contributed by atoms with Gasteiger partial charge in [0.25, 0.3) is 5.56 Å². The molecular formula is C23H21NO5S. The molecule has 0 aliphatic carbocycles. The van der Waals surface area contributed by atoms with Crippen LogP contribution in [0.1, 0.15) is 22.8 Å². The van der Waals surface area contributed by atoms with E-state index in [1.54, 1.807) is 50.4 Å². The number of thiazole rings is 1. The molecule has 1 aromatic heterocycles. The number of para-hydroxylation sites is 1. The Morgan fingerprint density at radius 1 is 1.07 bits per heavy atom. The van der Waals surface area contributed by atoms with Gasteiger partial charge in [-0.15, -0.1) is 11.3 Å². The van der Waals surface area contributed by atoms with E-state index in [0.717, 1.165) is 16.9 Å². The third kappa shape index (κ3) is 4.93. The van der Waals surface area contributed by atoms with Crippen LogP contribution in [0, 0.1) is 0 Å². The van der Waals surface area contributed by atoms with Crippen molar-refractivity contribution >= 4 is 35.2 Å². The molecule has 3 rings (SSSR count). The molecule has 6 nitrogen and oxygen atoms in total. The van der Waals surface area contributed by atoms with Crippen molar-refractivity contribution in [2.45, 2.75) is 13.5 Å². The molecule has 1 heterocycles. The lowest BCUT2D eigenvalue weighted by Gasteiger charge is -2.03. The molecule has 0 saturated carbocycles. The number of hydrogen-bond donors (Lipinski definition) is 0. The van der Waals surface area contributed by atoms with E-state index < -0.39 is 5.97 Å². The van der Waals surface area contributed by atoms with Crippen LogP contribution in [0.4, 0.5) is 0 Å². The first-order valence-corrected chi connectivity index (χ1v) is 10.2. The summed E-state index contributed by atoms with van der Waals surface area (Å²) in [5.41, 5.74) is 0.862. The van der Waals surface area contributed by atoms with E-state index in [2.05, 4.69) is 0 Å². The lowest BCUT2D eigenvalue weighted by atomic mass is 10.1. The number of carbonyl (C=O) groups excluding carboxylic acids is 2. The standard InChI is InChI=1S/C23H21NO5S/c1-3-29-22(26)14-21-24(15-18(25)16-9-5-4-6-10-16)23(27)20(30-21)13-17-11-7-8-12-19(17)28-2/h4-14H,3,15H2,1-2H3/b20-13-,21-14+. The van der Waals surface area contributed by atoms with Gasteiger partial charge in [-0.3, -0.25) is 14.2 Å². The Morgan fingerprint density at radius 2 is 1.77 bits per heavy atom. The highest BCUT2D eigenvalue weighted by Gasteiger charge is 2.13. The molecule has 0 unspecified atom stereocenters. The van der Waals surface area contributed by atoms with Crippen LogP contribution in [0.15, 0.2) is 59.4 Å². The first-order valence-electron chi connectivity index (χ1n) is 9.34. The van der Waals surface area contributed by atoms with Crippen molar-refractivity contribution in [1.82, 2.24) is 4.57 Å². The van der Waals surface area contributed by atoms with Crippen molar-refractivity contribution in [3.05, 3.63) is 85.3 Å². The van der Waals surface area contributed by atoms with Crippen molar-refractivity contribution in [1.29, 1.82) is 0 Å². The number of rotatable bonds is 7. The van der Waals surface area contributed by atoms with Gasteiger partial charge in [0.1, 0.15) is 10.4 Å². The van der Waals surface area contributed by atoms with Crippen molar-refractivity contribution in [3.8, 4) is 5.75 Å². The van der Waals surface area contributed by atoms with Gasteiger partial charge in [-0.1, -0.05) is 48.5 Å². The molecule has 154 valence electrons. The number of benzene rings is 2. The predicted octanol–water partition coefficient (Wildman–Crippen LogP) is 1.97. The molecule has 0 spiro atoms. The molecule has 0 radical (unpaired) electrons. The summed E-state index contributed by atoms with van der Waals surface area (Å²) in [4.78, 5) is 37.8. The molecule has 0 fully saturated rings. The zero-order chi connectivity index (χ0) is 21.5. The third-order valence-electron chi connectivity index (χ3n) is 4.29. The number of ketones is 1. The Balaban J connectivity index is 2.13. The normalized spacial score (nSPS) is 12.1. The molecule has 0 amide bonds. The van der Waals surface area contributed by atoms with Gasteiger partial charge in [0.2, 0.25) is 0 Å². The molecule has 30 heavy (non-hydrogen) atoms. The summed E-state index contributed by atoms with van der Waals surface area (Å²) in [6.45, 7) is 1.74. The summed E-state index contributed by atoms with van der Waals surface area (Å²) in [5.74, 6) is -0.172. The van der Waals surface area contributed by atoms with Crippen LogP contribution in [0.5, 0.6) is 5.75 Å². The quantitative estimate of drug-likeness (QED) is 0.429. The lowest BCUT2D eigenvalue weighted by molar-refractivity contribution is -0.135. The van der Waals surface area contributed by atoms with Crippen LogP contribution in [-0.4, -0.2) is 30.0 Å². The molecule has 2 aromatic carbocycles. The average Bonchev–Trinajstić information content (AvgIpc) is 3.03. The summed E-state index contributed by atoms with van der Waals surface area (Å²) < 4.78 is 12.4. The molecule has 0 aliphatic rings. The van der Waals surface area contributed by atoms with Gasteiger partial charge in [-0.05, 0) is 19.1 Å². The van der Waals surface area contributed by atoms with Gasteiger partial charge in [-0.25, -0.2) is 4.79 Å². The van der Waals surface area contributed by atoms with Crippen LogP contribution < -0.4 is 19.5 Å². The van der Waals surface area contributed by atoms with Crippen LogP contribution in [0.25, 0.3) is 12.2 Å². The SMILES string of the molecule is CCOC(=O)/C=c1/s/c(=C\c2ccccc2OC)c(=O)n1CC(=O)c1ccccc1. The smallest absolute Gasteiger partial charge is 0.333 e. The molecule has 0 aliphatic heterocycles. The number of ether oxygens (including phenoxy) is 2. The minimum Gasteiger partial charge on any atom is -0.496 e. The van der Waals surface area contributed by atoms with E-state index in [0.29, 0.717) is 20.5 Å². The van der Waals surface area contributed by atoms with Crippen molar-refractivity contribution < 1.29 is 19.1 Å². The van der Waals surface area contributed by atoms with Crippen LogP contribution in [0.3, 0.4) is 0 Å². The topological polar surface area (TPSA) is 74.6 Å². The summed E-state index contributed by atoms with van der Waals surface area (Å²) in [5, 5.41) is 0. The van der Waals surface area contributed by atoms with Gasteiger partial charge in [0, 0.05) is 11.1 Å². The van der Waals surface area contributed by atoms with E-state index in [9.17, 15) is 14.4 Å². The van der Waals surface area contributed by atoms with Gasteiger partial charge in [0.15, 0.2) is 5.78 Å². The second-order valence-corrected chi connectivity index (χ2v) is 7.33. The number of esters is 1.